The monoisotopic (exact) mass is 267 g/mol. The van der Waals surface area contributed by atoms with Gasteiger partial charge in [0.05, 0.1) is 11.0 Å². The lowest BCUT2D eigenvalue weighted by Crippen LogP contribution is -2.45. The van der Waals surface area contributed by atoms with Crippen LogP contribution in [0, 0.1) is 5.92 Å². The molecule has 1 aliphatic carbocycles. The van der Waals surface area contributed by atoms with Crippen LogP contribution in [0.1, 0.15) is 31.7 Å². The highest BCUT2D eigenvalue weighted by atomic mass is 32.2. The minimum atomic E-state index is -3.14. The minimum absolute atomic E-state index is 0.110. The molecule has 0 spiro atoms. The van der Waals surface area contributed by atoms with Gasteiger partial charge < -0.3 is 5.73 Å². The molecule has 0 amide bonds. The molecule has 1 saturated carbocycles. The molecule has 1 aromatic rings. The highest BCUT2D eigenvalue weighted by molar-refractivity contribution is 7.91. The van der Waals surface area contributed by atoms with Crippen molar-refractivity contribution in [2.24, 2.45) is 11.7 Å². The van der Waals surface area contributed by atoms with Crippen molar-refractivity contribution in [1.29, 1.82) is 0 Å². The summed E-state index contributed by atoms with van der Waals surface area (Å²) in [5.74, 6) is 0.569. The average Bonchev–Trinajstić information content (AvgIpc) is 2.33. The highest BCUT2D eigenvalue weighted by Gasteiger charge is 2.35. The molecule has 0 heterocycles. The van der Waals surface area contributed by atoms with Gasteiger partial charge in [-0.25, -0.2) is 8.42 Å². The van der Waals surface area contributed by atoms with Gasteiger partial charge in [-0.3, -0.25) is 0 Å². The van der Waals surface area contributed by atoms with Gasteiger partial charge in [0.15, 0.2) is 9.84 Å². The van der Waals surface area contributed by atoms with E-state index >= 15 is 0 Å². The molecule has 2 rings (SSSR count). The molecule has 100 valence electrons. The third-order valence-corrected chi connectivity index (χ3v) is 5.98. The molecule has 2 N–H and O–H groups in total. The Morgan fingerprint density at radius 1 is 1.22 bits per heavy atom. The van der Waals surface area contributed by atoms with E-state index in [2.05, 4.69) is 6.92 Å². The van der Waals surface area contributed by atoms with Gasteiger partial charge in [-0.15, -0.1) is 0 Å². The first-order valence-corrected chi connectivity index (χ1v) is 8.21. The molecular formula is C14H21NO2S. The van der Waals surface area contributed by atoms with Gasteiger partial charge in [0.1, 0.15) is 0 Å². The number of sulfone groups is 1. The molecule has 0 bridgehead atoms. The van der Waals surface area contributed by atoms with Gasteiger partial charge in [-0.05, 0) is 30.7 Å². The number of benzene rings is 1. The van der Waals surface area contributed by atoms with E-state index in [4.69, 9.17) is 5.73 Å². The molecule has 4 heteroatoms. The maximum Gasteiger partial charge on any atom is 0.158 e. The molecule has 1 aliphatic rings. The zero-order valence-electron chi connectivity index (χ0n) is 10.7. The van der Waals surface area contributed by atoms with E-state index in [1.165, 1.54) is 0 Å². The van der Waals surface area contributed by atoms with Gasteiger partial charge in [0.2, 0.25) is 0 Å². The Bertz CT molecular complexity index is 484. The van der Waals surface area contributed by atoms with Crippen molar-refractivity contribution in [3.8, 4) is 0 Å². The van der Waals surface area contributed by atoms with Crippen LogP contribution >= 0.6 is 0 Å². The quantitative estimate of drug-likeness (QED) is 0.912. The molecule has 3 unspecified atom stereocenters. The lowest BCUT2D eigenvalue weighted by atomic mass is 9.87. The Balaban J connectivity index is 2.15. The molecule has 0 aromatic heterocycles. The summed E-state index contributed by atoms with van der Waals surface area (Å²) in [5, 5.41) is -0.374. The second-order valence-corrected chi connectivity index (χ2v) is 7.63. The first kappa shape index (κ1) is 13.6. The normalized spacial score (nSPS) is 29.1. The van der Waals surface area contributed by atoms with Gasteiger partial charge in [-0.1, -0.05) is 37.3 Å². The van der Waals surface area contributed by atoms with Crippen LogP contribution in [0.15, 0.2) is 30.3 Å². The van der Waals surface area contributed by atoms with Gasteiger partial charge in [0.25, 0.3) is 0 Å². The predicted molar refractivity (Wildman–Crippen MR) is 73.8 cm³/mol. The second-order valence-electron chi connectivity index (χ2n) is 5.41. The molecule has 18 heavy (non-hydrogen) atoms. The lowest BCUT2D eigenvalue weighted by molar-refractivity contribution is 0.346. The number of rotatable bonds is 3. The molecule has 3 nitrogen and oxygen atoms in total. The largest absolute Gasteiger partial charge is 0.327 e. The minimum Gasteiger partial charge on any atom is -0.327 e. The molecule has 3 atom stereocenters. The fourth-order valence-electron chi connectivity index (χ4n) is 2.68. The third kappa shape index (κ3) is 3.12. The van der Waals surface area contributed by atoms with E-state index in [-0.39, 0.29) is 17.0 Å². The molecule has 0 radical (unpaired) electrons. The van der Waals surface area contributed by atoms with Crippen molar-refractivity contribution in [3.63, 3.8) is 0 Å². The van der Waals surface area contributed by atoms with Crippen LogP contribution in [0.4, 0.5) is 0 Å². The summed E-state index contributed by atoms with van der Waals surface area (Å²) < 4.78 is 24.9. The van der Waals surface area contributed by atoms with Crippen molar-refractivity contribution in [2.75, 3.05) is 0 Å². The summed E-state index contributed by atoms with van der Waals surface area (Å²) in [5.41, 5.74) is 6.85. The fraction of sp³-hybridized carbons (Fsp3) is 0.571. The van der Waals surface area contributed by atoms with Crippen LogP contribution in [-0.4, -0.2) is 19.7 Å². The van der Waals surface area contributed by atoms with E-state index in [0.29, 0.717) is 12.3 Å². The average molecular weight is 267 g/mol. The Labute approximate surface area is 109 Å². The maximum absolute atomic E-state index is 12.4. The molecular weight excluding hydrogens is 246 g/mol. The summed E-state index contributed by atoms with van der Waals surface area (Å²) in [7, 11) is -3.14. The number of hydrogen-bond donors (Lipinski definition) is 1. The zero-order valence-corrected chi connectivity index (χ0v) is 11.6. The smallest absolute Gasteiger partial charge is 0.158 e. The van der Waals surface area contributed by atoms with Crippen molar-refractivity contribution in [2.45, 2.75) is 43.2 Å². The van der Waals surface area contributed by atoms with Crippen molar-refractivity contribution < 1.29 is 8.42 Å². The van der Waals surface area contributed by atoms with Crippen LogP contribution < -0.4 is 5.73 Å². The zero-order chi connectivity index (χ0) is 13.2. The second kappa shape index (κ2) is 5.41. The predicted octanol–water partition coefficient (Wildman–Crippen LogP) is 2.12. The van der Waals surface area contributed by atoms with E-state index < -0.39 is 9.84 Å². The van der Waals surface area contributed by atoms with Gasteiger partial charge >= 0.3 is 0 Å². The van der Waals surface area contributed by atoms with E-state index in [9.17, 15) is 8.42 Å². The van der Waals surface area contributed by atoms with Crippen molar-refractivity contribution in [3.05, 3.63) is 35.9 Å². The van der Waals surface area contributed by atoms with Crippen molar-refractivity contribution >= 4 is 9.84 Å². The maximum atomic E-state index is 12.4. The van der Waals surface area contributed by atoms with Crippen LogP contribution in [0.25, 0.3) is 0 Å². The van der Waals surface area contributed by atoms with E-state index in [1.54, 1.807) is 0 Å². The Kier molecular flexibility index (Phi) is 4.07. The van der Waals surface area contributed by atoms with E-state index in [1.807, 2.05) is 30.3 Å². The molecule has 0 saturated heterocycles. The van der Waals surface area contributed by atoms with E-state index in [0.717, 1.165) is 18.4 Å². The van der Waals surface area contributed by atoms with Gasteiger partial charge in [0, 0.05) is 6.04 Å². The standard InChI is InChI=1S/C14H21NO2S/c1-11-7-8-13(15)14(9-11)18(16,17)10-12-5-3-2-4-6-12/h2-6,11,13-14H,7-10,15H2,1H3. The molecule has 1 aromatic carbocycles. The summed E-state index contributed by atoms with van der Waals surface area (Å²) in [6, 6.07) is 9.15. The first-order chi connectivity index (χ1) is 8.49. The number of hydrogen-bond acceptors (Lipinski definition) is 3. The SMILES string of the molecule is CC1CCC(N)C(S(=O)(=O)Cc2ccccc2)C1. The summed E-state index contributed by atoms with van der Waals surface area (Å²) >= 11 is 0. The van der Waals surface area contributed by atoms with Crippen LogP contribution in [0.3, 0.4) is 0 Å². The highest BCUT2D eigenvalue weighted by Crippen LogP contribution is 2.29. The Morgan fingerprint density at radius 2 is 1.89 bits per heavy atom. The topological polar surface area (TPSA) is 60.2 Å². The van der Waals surface area contributed by atoms with Crippen LogP contribution in [0.5, 0.6) is 0 Å². The third-order valence-electron chi connectivity index (χ3n) is 3.78. The number of nitrogens with two attached hydrogens (primary N) is 1. The lowest BCUT2D eigenvalue weighted by Gasteiger charge is -2.32. The molecule has 1 fully saturated rings. The Hall–Kier alpha value is -0.870. The fourth-order valence-corrected chi connectivity index (χ4v) is 4.84. The van der Waals surface area contributed by atoms with Crippen LogP contribution in [0.2, 0.25) is 0 Å². The van der Waals surface area contributed by atoms with Gasteiger partial charge in [-0.2, -0.15) is 0 Å². The summed E-state index contributed by atoms with van der Waals surface area (Å²) in [6.07, 6.45) is 2.56. The summed E-state index contributed by atoms with van der Waals surface area (Å²) in [4.78, 5) is 0. The van der Waals surface area contributed by atoms with Crippen LogP contribution in [-0.2, 0) is 15.6 Å². The Morgan fingerprint density at radius 3 is 2.56 bits per heavy atom. The molecule has 0 aliphatic heterocycles. The van der Waals surface area contributed by atoms with Crippen molar-refractivity contribution in [1.82, 2.24) is 0 Å². The summed E-state index contributed by atoms with van der Waals surface area (Å²) in [6.45, 7) is 2.11. The first-order valence-electron chi connectivity index (χ1n) is 6.50.